The molecule has 1 amide bonds. The zero-order valence-corrected chi connectivity index (χ0v) is 15.6. The van der Waals surface area contributed by atoms with Crippen molar-refractivity contribution in [2.24, 2.45) is 0 Å². The number of hydrogen-bond donors (Lipinski definition) is 2. The van der Waals surface area contributed by atoms with Crippen LogP contribution in [0.3, 0.4) is 0 Å². The number of piperidine rings is 1. The number of hydrogen-bond acceptors (Lipinski definition) is 5. The summed E-state index contributed by atoms with van der Waals surface area (Å²) in [7, 11) is 0. The van der Waals surface area contributed by atoms with E-state index in [-0.39, 0.29) is 35.7 Å². The molecular formula is C19H18ClN3O5. The average molecular weight is 404 g/mol. The molecule has 2 heterocycles. The van der Waals surface area contributed by atoms with Gasteiger partial charge in [0.2, 0.25) is 0 Å². The molecule has 0 radical (unpaired) electrons. The summed E-state index contributed by atoms with van der Waals surface area (Å²) in [5, 5.41) is 19.8. The van der Waals surface area contributed by atoms with E-state index in [9.17, 15) is 24.6 Å². The number of nitrogens with zero attached hydrogens (tertiary/aromatic N) is 3. The Hall–Kier alpha value is -2.89. The fourth-order valence-corrected chi connectivity index (χ4v) is 3.63. The number of aromatic nitrogens is 2. The fraction of sp³-hybridized carbons (Fsp3) is 0.368. The van der Waals surface area contributed by atoms with Gasteiger partial charge in [0, 0.05) is 18.5 Å². The first-order valence-electron chi connectivity index (χ1n) is 8.66. The number of fused-ring (bicyclic) bond motifs is 1. The average Bonchev–Trinajstić information content (AvgIpc) is 2.65. The lowest BCUT2D eigenvalue weighted by Gasteiger charge is -2.36. The van der Waals surface area contributed by atoms with Gasteiger partial charge in [0.25, 0.3) is 5.56 Å². The van der Waals surface area contributed by atoms with Crippen molar-refractivity contribution in [1.82, 2.24) is 14.5 Å². The summed E-state index contributed by atoms with van der Waals surface area (Å²) in [6.07, 6.45) is 5.27. The number of carbonyl (C=O) groups is 2. The molecule has 2 N–H and O–H groups in total. The van der Waals surface area contributed by atoms with Gasteiger partial charge in [-0.15, -0.1) is 6.42 Å². The van der Waals surface area contributed by atoms with Crippen molar-refractivity contribution in [3.8, 4) is 12.3 Å². The van der Waals surface area contributed by atoms with Gasteiger partial charge in [-0.2, -0.15) is 0 Å². The molecule has 0 aliphatic carbocycles. The molecule has 3 rings (SSSR count). The van der Waals surface area contributed by atoms with Crippen molar-refractivity contribution in [1.29, 1.82) is 0 Å². The highest BCUT2D eigenvalue weighted by molar-refractivity contribution is 6.32. The van der Waals surface area contributed by atoms with Gasteiger partial charge >= 0.3 is 6.09 Å². The number of carboxylic acid groups (broad SMARTS) is 1. The number of terminal acetylenes is 1. The summed E-state index contributed by atoms with van der Waals surface area (Å²) in [5.41, 5.74) is 0.323. The Kier molecular flexibility index (Phi) is 5.68. The van der Waals surface area contributed by atoms with E-state index in [0.29, 0.717) is 23.9 Å². The highest BCUT2D eigenvalue weighted by Gasteiger charge is 2.34. The van der Waals surface area contributed by atoms with Crippen LogP contribution in [0.4, 0.5) is 4.79 Å². The van der Waals surface area contributed by atoms with Gasteiger partial charge in [0.15, 0.2) is 5.78 Å². The lowest BCUT2D eigenvalue weighted by Crippen LogP contribution is -2.51. The molecule has 1 aliphatic rings. The Bertz CT molecular complexity index is 1040. The molecule has 2 aromatic rings. The molecule has 1 aromatic heterocycles. The molecular weight excluding hydrogens is 386 g/mol. The highest BCUT2D eigenvalue weighted by atomic mass is 35.5. The molecule has 2 unspecified atom stereocenters. The van der Waals surface area contributed by atoms with Gasteiger partial charge in [-0.1, -0.05) is 17.5 Å². The highest BCUT2D eigenvalue weighted by Crippen LogP contribution is 2.22. The molecule has 8 nitrogen and oxygen atoms in total. The maximum absolute atomic E-state index is 12.7. The molecule has 1 saturated heterocycles. The summed E-state index contributed by atoms with van der Waals surface area (Å²) in [4.78, 5) is 41.7. The minimum absolute atomic E-state index is 0.186. The van der Waals surface area contributed by atoms with Crippen LogP contribution in [-0.2, 0) is 11.3 Å². The summed E-state index contributed by atoms with van der Waals surface area (Å²) < 4.78 is 1.14. The number of benzene rings is 1. The van der Waals surface area contributed by atoms with Crippen LogP contribution >= 0.6 is 11.6 Å². The largest absolute Gasteiger partial charge is 0.465 e. The zero-order valence-electron chi connectivity index (χ0n) is 14.8. The third kappa shape index (κ3) is 3.86. The lowest BCUT2D eigenvalue weighted by atomic mass is 9.95. The Morgan fingerprint density at radius 3 is 2.82 bits per heavy atom. The van der Waals surface area contributed by atoms with E-state index in [0.717, 1.165) is 9.47 Å². The normalized spacial score (nSPS) is 19.4. The second-order valence-electron chi connectivity index (χ2n) is 6.67. The standard InChI is InChI=1S/C19H18ClN3O5/c1-2-11-6-15-13(8-14(11)20)18(26)22(10-21-15)9-12(24)7-16-17(25)4-3-5-23(16)19(27)28/h1,6,8,10,16-17,25H,3-5,7,9H2,(H,27,28). The van der Waals surface area contributed by atoms with Crippen LogP contribution in [0.1, 0.15) is 24.8 Å². The molecule has 1 aliphatic heterocycles. The fourth-order valence-electron chi connectivity index (χ4n) is 3.41. The molecule has 0 bridgehead atoms. The molecule has 28 heavy (non-hydrogen) atoms. The van der Waals surface area contributed by atoms with Gasteiger partial charge in [-0.05, 0) is 25.0 Å². The van der Waals surface area contributed by atoms with Gasteiger partial charge in [-0.25, -0.2) is 9.78 Å². The summed E-state index contributed by atoms with van der Waals surface area (Å²) >= 11 is 6.05. The van der Waals surface area contributed by atoms with Crippen LogP contribution < -0.4 is 5.56 Å². The number of aliphatic hydroxyl groups is 1. The number of carbonyl (C=O) groups excluding carboxylic acids is 1. The van der Waals surface area contributed by atoms with Crippen LogP contribution in [0, 0.1) is 12.3 Å². The predicted octanol–water partition coefficient (Wildman–Crippen LogP) is 1.49. The van der Waals surface area contributed by atoms with Crippen molar-refractivity contribution in [3.63, 3.8) is 0 Å². The second kappa shape index (κ2) is 8.00. The molecule has 0 saturated carbocycles. The van der Waals surface area contributed by atoms with E-state index in [1.807, 2.05) is 0 Å². The molecule has 0 spiro atoms. The Morgan fingerprint density at radius 1 is 1.39 bits per heavy atom. The number of amides is 1. The van der Waals surface area contributed by atoms with Gasteiger partial charge in [0.1, 0.15) is 0 Å². The summed E-state index contributed by atoms with van der Waals surface area (Å²) in [6, 6.07) is 2.11. The first kappa shape index (κ1) is 19.9. The molecule has 1 aromatic carbocycles. The molecule has 2 atom stereocenters. The van der Waals surface area contributed by atoms with E-state index in [1.54, 1.807) is 0 Å². The van der Waals surface area contributed by atoms with Crippen molar-refractivity contribution in [3.05, 3.63) is 39.4 Å². The zero-order chi connectivity index (χ0) is 20.4. The van der Waals surface area contributed by atoms with E-state index in [2.05, 4.69) is 10.9 Å². The van der Waals surface area contributed by atoms with Gasteiger partial charge in [0.05, 0.1) is 40.9 Å². The smallest absolute Gasteiger partial charge is 0.407 e. The van der Waals surface area contributed by atoms with Gasteiger partial charge in [-0.3, -0.25) is 14.2 Å². The van der Waals surface area contributed by atoms with Crippen LogP contribution in [0.2, 0.25) is 5.02 Å². The minimum Gasteiger partial charge on any atom is -0.465 e. The van der Waals surface area contributed by atoms with E-state index in [1.165, 1.54) is 18.5 Å². The topological polar surface area (TPSA) is 113 Å². The minimum atomic E-state index is -1.18. The first-order valence-corrected chi connectivity index (χ1v) is 9.04. The SMILES string of the molecule is C#Cc1cc2ncn(CC(=O)CC3C(O)CCCN3C(=O)O)c(=O)c2cc1Cl. The number of ketones is 1. The number of Topliss-reactive ketones (excluding diaryl/α,β-unsaturated/α-hetero) is 1. The second-order valence-corrected chi connectivity index (χ2v) is 7.07. The Morgan fingerprint density at radius 2 is 2.14 bits per heavy atom. The lowest BCUT2D eigenvalue weighted by molar-refractivity contribution is -0.122. The maximum Gasteiger partial charge on any atom is 0.407 e. The Balaban J connectivity index is 1.83. The summed E-state index contributed by atoms with van der Waals surface area (Å²) in [6.45, 7) is -0.0230. The number of halogens is 1. The third-order valence-corrected chi connectivity index (χ3v) is 5.15. The predicted molar refractivity (Wildman–Crippen MR) is 102 cm³/mol. The number of aliphatic hydroxyl groups excluding tert-OH is 1. The maximum atomic E-state index is 12.7. The van der Waals surface area contributed by atoms with Crippen LogP contribution in [-0.4, -0.2) is 55.2 Å². The van der Waals surface area contributed by atoms with Crippen molar-refractivity contribution in [2.75, 3.05) is 6.54 Å². The third-order valence-electron chi connectivity index (χ3n) is 4.84. The number of rotatable bonds is 4. The van der Waals surface area contributed by atoms with E-state index >= 15 is 0 Å². The van der Waals surface area contributed by atoms with Crippen molar-refractivity contribution in [2.45, 2.75) is 38.0 Å². The van der Waals surface area contributed by atoms with E-state index < -0.39 is 23.8 Å². The van der Waals surface area contributed by atoms with Gasteiger partial charge < -0.3 is 15.1 Å². The first-order chi connectivity index (χ1) is 13.3. The van der Waals surface area contributed by atoms with Crippen LogP contribution in [0.5, 0.6) is 0 Å². The summed E-state index contributed by atoms with van der Waals surface area (Å²) in [5.74, 6) is 2.02. The monoisotopic (exact) mass is 403 g/mol. The van der Waals surface area contributed by atoms with Crippen LogP contribution in [0.15, 0.2) is 23.3 Å². The van der Waals surface area contributed by atoms with Crippen molar-refractivity contribution >= 4 is 34.4 Å². The molecule has 9 heteroatoms. The molecule has 1 fully saturated rings. The number of likely N-dealkylation sites (tertiary alicyclic amines) is 1. The van der Waals surface area contributed by atoms with E-state index in [4.69, 9.17) is 18.0 Å². The Labute approximate surface area is 165 Å². The van der Waals surface area contributed by atoms with Crippen molar-refractivity contribution < 1.29 is 19.8 Å². The van der Waals surface area contributed by atoms with Crippen LogP contribution in [0.25, 0.3) is 10.9 Å². The molecule has 146 valence electrons. The quantitative estimate of drug-likeness (QED) is 0.748.